The molecule has 1 aromatic carbocycles. The highest BCUT2D eigenvalue weighted by atomic mass is 32.2. The Balaban J connectivity index is 2.10. The van der Waals surface area contributed by atoms with Crippen LogP contribution in [0.25, 0.3) is 0 Å². The van der Waals surface area contributed by atoms with Crippen molar-refractivity contribution in [3.63, 3.8) is 0 Å². The molecule has 4 heteroatoms. The minimum absolute atomic E-state index is 0.707. The van der Waals surface area contributed by atoms with Crippen LogP contribution in [0.3, 0.4) is 0 Å². The smallest absolute Gasteiger partial charge is 0.119 e. The third kappa shape index (κ3) is 2.61. The fourth-order valence-electron chi connectivity index (χ4n) is 2.95. The normalized spacial score (nSPS) is 20.8. The monoisotopic (exact) mass is 298 g/mol. The summed E-state index contributed by atoms with van der Waals surface area (Å²) in [6.07, 6.45) is 7.82. The van der Waals surface area contributed by atoms with Crippen molar-refractivity contribution in [2.45, 2.75) is 29.9 Å². The van der Waals surface area contributed by atoms with Gasteiger partial charge in [0.05, 0.1) is 0 Å². The van der Waals surface area contributed by atoms with Crippen molar-refractivity contribution in [2.24, 2.45) is 0 Å². The van der Waals surface area contributed by atoms with Crippen LogP contribution in [-0.2, 0) is 12.0 Å². The Morgan fingerprint density at radius 1 is 1.33 bits per heavy atom. The minimum atomic E-state index is -0.987. The average molecular weight is 298 g/mol. The second kappa shape index (κ2) is 6.00. The van der Waals surface area contributed by atoms with Gasteiger partial charge in [-0.2, -0.15) is 0 Å². The summed E-state index contributed by atoms with van der Waals surface area (Å²) in [4.78, 5) is 8.49. The van der Waals surface area contributed by atoms with E-state index in [1.165, 1.54) is 11.9 Å². The van der Waals surface area contributed by atoms with E-state index in [1.807, 2.05) is 24.3 Å². The zero-order valence-corrected chi connectivity index (χ0v) is 12.6. The van der Waals surface area contributed by atoms with Crippen molar-refractivity contribution in [1.29, 1.82) is 0 Å². The first-order valence-corrected chi connectivity index (χ1v) is 8.09. The van der Waals surface area contributed by atoms with Gasteiger partial charge in [0.15, 0.2) is 0 Å². The van der Waals surface area contributed by atoms with Crippen LogP contribution in [0.2, 0.25) is 0 Å². The molecular weight excluding hydrogens is 280 g/mol. The largest absolute Gasteiger partial charge is 0.380 e. The van der Waals surface area contributed by atoms with E-state index in [4.69, 9.17) is 0 Å². The number of thioether (sulfide) groups is 1. The molecule has 1 atom stereocenters. The van der Waals surface area contributed by atoms with E-state index in [2.05, 4.69) is 22.6 Å². The Labute approximate surface area is 129 Å². The number of hydrogen-bond donors (Lipinski definition) is 1. The summed E-state index contributed by atoms with van der Waals surface area (Å²) >= 11 is 1.58. The number of fused-ring (bicyclic) bond motifs is 1. The number of rotatable bonds is 4. The Kier molecular flexibility index (Phi) is 4.08. The third-order valence-corrected chi connectivity index (χ3v) is 4.91. The Bertz CT molecular complexity index is 659. The fraction of sp³-hybridized carbons (Fsp3) is 0.294. The summed E-state index contributed by atoms with van der Waals surface area (Å²) in [5, 5.41) is 12.2. The summed E-state index contributed by atoms with van der Waals surface area (Å²) in [6, 6.07) is 8.12. The first-order valence-electron chi connectivity index (χ1n) is 7.10. The molecule has 0 saturated heterocycles. The highest BCUT2D eigenvalue weighted by molar-refractivity contribution is 7.99. The second-order valence-corrected chi connectivity index (χ2v) is 6.22. The standard InChI is InChI=1S/C17H18N2OS/c1-2-10-21-16-15(11-18-12-19-16)17(20)9-5-7-13-6-3-4-8-14(13)17/h2-4,6,8,11-12,20H,1,5,7,9-10H2. The van der Waals surface area contributed by atoms with Gasteiger partial charge in [-0.3, -0.25) is 0 Å². The summed E-state index contributed by atoms with van der Waals surface area (Å²) < 4.78 is 0. The van der Waals surface area contributed by atoms with Gasteiger partial charge in [-0.15, -0.1) is 18.3 Å². The predicted molar refractivity (Wildman–Crippen MR) is 85.3 cm³/mol. The molecule has 3 nitrogen and oxygen atoms in total. The maximum Gasteiger partial charge on any atom is 0.119 e. The van der Waals surface area contributed by atoms with Gasteiger partial charge in [-0.05, 0) is 30.4 Å². The first kappa shape index (κ1) is 14.3. The lowest BCUT2D eigenvalue weighted by atomic mass is 9.76. The molecule has 0 saturated carbocycles. The number of aryl methyl sites for hydroxylation is 1. The zero-order chi connectivity index (χ0) is 14.7. The molecule has 1 N–H and O–H groups in total. The Morgan fingerprint density at radius 3 is 3.05 bits per heavy atom. The molecule has 1 unspecified atom stereocenters. The maximum atomic E-state index is 11.4. The summed E-state index contributed by atoms with van der Waals surface area (Å²) in [7, 11) is 0. The van der Waals surface area contributed by atoms with Gasteiger partial charge < -0.3 is 5.11 Å². The lowest BCUT2D eigenvalue weighted by Crippen LogP contribution is -2.32. The van der Waals surface area contributed by atoms with Crippen molar-refractivity contribution < 1.29 is 5.11 Å². The van der Waals surface area contributed by atoms with Crippen LogP contribution in [0, 0.1) is 0 Å². The number of hydrogen-bond acceptors (Lipinski definition) is 4. The molecule has 108 valence electrons. The molecule has 3 rings (SSSR count). The SMILES string of the molecule is C=CCSc1ncncc1C1(O)CCCc2ccccc21. The van der Waals surface area contributed by atoms with E-state index in [0.29, 0.717) is 6.42 Å². The van der Waals surface area contributed by atoms with E-state index in [-0.39, 0.29) is 0 Å². The van der Waals surface area contributed by atoms with Crippen LogP contribution >= 0.6 is 11.8 Å². The summed E-state index contributed by atoms with van der Waals surface area (Å²) in [5.41, 5.74) is 2.03. The molecule has 1 heterocycles. The Morgan fingerprint density at radius 2 is 2.19 bits per heavy atom. The van der Waals surface area contributed by atoms with E-state index in [9.17, 15) is 5.11 Å². The number of nitrogens with zero attached hydrogens (tertiary/aromatic N) is 2. The van der Waals surface area contributed by atoms with Gasteiger partial charge >= 0.3 is 0 Å². The van der Waals surface area contributed by atoms with Gasteiger partial charge in [0, 0.05) is 17.5 Å². The molecule has 0 bridgehead atoms. The fourth-order valence-corrected chi connectivity index (χ4v) is 3.72. The van der Waals surface area contributed by atoms with Gasteiger partial charge in [0.1, 0.15) is 17.0 Å². The van der Waals surface area contributed by atoms with Crippen molar-refractivity contribution in [1.82, 2.24) is 9.97 Å². The summed E-state index contributed by atoms with van der Waals surface area (Å²) in [6.45, 7) is 3.74. The molecule has 1 aliphatic rings. The van der Waals surface area contributed by atoms with E-state index in [0.717, 1.165) is 34.7 Å². The second-order valence-electron chi connectivity index (χ2n) is 5.21. The highest BCUT2D eigenvalue weighted by Crippen LogP contribution is 2.42. The average Bonchev–Trinajstić information content (AvgIpc) is 2.54. The molecule has 0 amide bonds. The van der Waals surface area contributed by atoms with Crippen molar-refractivity contribution in [3.05, 3.63) is 66.1 Å². The predicted octanol–water partition coefficient (Wildman–Crippen LogP) is 3.33. The molecule has 1 aromatic heterocycles. The molecule has 2 aromatic rings. The maximum absolute atomic E-state index is 11.4. The quantitative estimate of drug-likeness (QED) is 0.534. The van der Waals surface area contributed by atoms with Crippen molar-refractivity contribution >= 4 is 11.8 Å². The van der Waals surface area contributed by atoms with Crippen LogP contribution in [0.4, 0.5) is 0 Å². The molecule has 0 spiro atoms. The van der Waals surface area contributed by atoms with Crippen LogP contribution < -0.4 is 0 Å². The van der Waals surface area contributed by atoms with Crippen LogP contribution in [0.1, 0.15) is 29.5 Å². The number of aliphatic hydroxyl groups is 1. The third-order valence-electron chi connectivity index (χ3n) is 3.91. The Hall–Kier alpha value is -1.65. The van der Waals surface area contributed by atoms with Crippen LogP contribution in [-0.4, -0.2) is 20.8 Å². The lowest BCUT2D eigenvalue weighted by Gasteiger charge is -2.35. The molecule has 0 aliphatic heterocycles. The van der Waals surface area contributed by atoms with Crippen molar-refractivity contribution in [3.8, 4) is 0 Å². The number of aromatic nitrogens is 2. The van der Waals surface area contributed by atoms with Gasteiger partial charge in [0.2, 0.25) is 0 Å². The molecule has 21 heavy (non-hydrogen) atoms. The van der Waals surface area contributed by atoms with Crippen molar-refractivity contribution in [2.75, 3.05) is 5.75 Å². The highest BCUT2D eigenvalue weighted by Gasteiger charge is 2.38. The van der Waals surface area contributed by atoms with E-state index >= 15 is 0 Å². The first-order chi connectivity index (χ1) is 10.3. The van der Waals surface area contributed by atoms with E-state index in [1.54, 1.807) is 18.0 Å². The van der Waals surface area contributed by atoms with Gasteiger partial charge in [-0.1, -0.05) is 30.3 Å². The lowest BCUT2D eigenvalue weighted by molar-refractivity contribution is 0.0578. The topological polar surface area (TPSA) is 46.0 Å². The van der Waals surface area contributed by atoms with Gasteiger partial charge in [-0.25, -0.2) is 9.97 Å². The van der Waals surface area contributed by atoms with E-state index < -0.39 is 5.60 Å². The van der Waals surface area contributed by atoms with Crippen LogP contribution in [0.5, 0.6) is 0 Å². The molecule has 0 radical (unpaired) electrons. The van der Waals surface area contributed by atoms with Gasteiger partial charge in [0.25, 0.3) is 0 Å². The molecular formula is C17H18N2OS. The van der Waals surface area contributed by atoms with Crippen LogP contribution in [0.15, 0.2) is 54.5 Å². The number of benzene rings is 1. The molecule has 1 aliphatic carbocycles. The zero-order valence-electron chi connectivity index (χ0n) is 11.8. The summed E-state index contributed by atoms with van der Waals surface area (Å²) in [5.74, 6) is 0.766. The minimum Gasteiger partial charge on any atom is -0.380 e. The molecule has 0 fully saturated rings.